The van der Waals surface area contributed by atoms with Gasteiger partial charge in [-0.25, -0.2) is 0 Å². The minimum atomic E-state index is 0.116. The molecule has 17 heavy (non-hydrogen) atoms. The van der Waals surface area contributed by atoms with Crippen LogP contribution in [0.1, 0.15) is 50.3 Å². The van der Waals surface area contributed by atoms with Crippen LogP contribution in [0.25, 0.3) is 0 Å². The first-order valence-corrected chi connectivity index (χ1v) is 6.81. The maximum absolute atomic E-state index is 6.44. The first-order chi connectivity index (χ1) is 7.92. The van der Waals surface area contributed by atoms with Gasteiger partial charge in [0.15, 0.2) is 0 Å². The van der Waals surface area contributed by atoms with Crippen LogP contribution in [-0.4, -0.2) is 0 Å². The van der Waals surface area contributed by atoms with Gasteiger partial charge in [0.1, 0.15) is 0 Å². The number of benzene rings is 1. The fourth-order valence-corrected chi connectivity index (χ4v) is 3.26. The molecule has 1 aliphatic carbocycles. The Kier molecular flexibility index (Phi) is 3.51. The first-order valence-electron chi connectivity index (χ1n) is 6.43. The van der Waals surface area contributed by atoms with Gasteiger partial charge in [-0.2, -0.15) is 0 Å². The monoisotopic (exact) mass is 251 g/mol. The Labute approximate surface area is 109 Å². The van der Waals surface area contributed by atoms with Gasteiger partial charge in [0.05, 0.1) is 0 Å². The molecule has 2 heteroatoms. The number of rotatable bonds is 2. The van der Waals surface area contributed by atoms with Gasteiger partial charge in [0.2, 0.25) is 0 Å². The molecule has 1 saturated carbocycles. The normalized spacial score (nSPS) is 24.9. The third kappa shape index (κ3) is 2.51. The summed E-state index contributed by atoms with van der Waals surface area (Å²) in [7, 11) is 0. The molecule has 94 valence electrons. The van der Waals surface area contributed by atoms with Gasteiger partial charge in [0, 0.05) is 11.1 Å². The van der Waals surface area contributed by atoms with Crippen molar-refractivity contribution >= 4 is 11.6 Å². The van der Waals surface area contributed by atoms with E-state index in [0.29, 0.717) is 11.3 Å². The standard InChI is InChI=1S/C15H22ClN/c1-10-6-7-11(9-13(10)16)14(17)12-5-4-8-15(12,2)3/h6-7,9,12,14H,4-5,8,17H2,1-3H3. The molecule has 0 spiro atoms. The maximum Gasteiger partial charge on any atom is 0.0438 e. The number of hydrogen-bond acceptors (Lipinski definition) is 1. The van der Waals surface area contributed by atoms with Crippen LogP contribution in [-0.2, 0) is 0 Å². The molecule has 1 aliphatic rings. The number of halogens is 1. The Bertz CT molecular complexity index is 411. The summed E-state index contributed by atoms with van der Waals surface area (Å²) in [6, 6.07) is 6.35. The van der Waals surface area contributed by atoms with Gasteiger partial charge in [-0.05, 0) is 48.3 Å². The lowest BCUT2D eigenvalue weighted by atomic mass is 9.76. The van der Waals surface area contributed by atoms with Crippen molar-refractivity contribution in [1.29, 1.82) is 0 Å². The molecule has 2 atom stereocenters. The molecule has 2 rings (SSSR count). The summed E-state index contributed by atoms with van der Waals surface area (Å²) in [5, 5.41) is 0.828. The van der Waals surface area contributed by atoms with Crippen molar-refractivity contribution in [1.82, 2.24) is 0 Å². The van der Waals surface area contributed by atoms with Crippen LogP contribution in [0.2, 0.25) is 5.02 Å². The molecular weight excluding hydrogens is 230 g/mol. The van der Waals surface area contributed by atoms with Crippen molar-refractivity contribution in [3.05, 3.63) is 34.3 Å². The molecule has 0 radical (unpaired) electrons. The summed E-state index contributed by atoms with van der Waals surface area (Å²) in [5.41, 5.74) is 9.09. The van der Waals surface area contributed by atoms with E-state index in [9.17, 15) is 0 Å². The topological polar surface area (TPSA) is 26.0 Å². The van der Waals surface area contributed by atoms with Gasteiger partial charge in [-0.3, -0.25) is 0 Å². The Balaban J connectivity index is 2.25. The van der Waals surface area contributed by atoms with Crippen molar-refractivity contribution in [2.75, 3.05) is 0 Å². The molecule has 0 amide bonds. The molecule has 1 fully saturated rings. The zero-order chi connectivity index (χ0) is 12.6. The number of hydrogen-bond donors (Lipinski definition) is 1. The molecule has 0 heterocycles. The molecule has 2 N–H and O–H groups in total. The van der Waals surface area contributed by atoms with Crippen molar-refractivity contribution < 1.29 is 0 Å². The summed E-state index contributed by atoms with van der Waals surface area (Å²) in [6.07, 6.45) is 3.82. The van der Waals surface area contributed by atoms with Crippen LogP contribution in [0.5, 0.6) is 0 Å². The highest BCUT2D eigenvalue weighted by Crippen LogP contribution is 2.48. The zero-order valence-electron chi connectivity index (χ0n) is 11.0. The van der Waals surface area contributed by atoms with Gasteiger partial charge < -0.3 is 5.73 Å². The van der Waals surface area contributed by atoms with E-state index in [2.05, 4.69) is 26.0 Å². The van der Waals surface area contributed by atoms with Crippen LogP contribution in [0.3, 0.4) is 0 Å². The Morgan fingerprint density at radius 3 is 2.65 bits per heavy atom. The lowest BCUT2D eigenvalue weighted by Gasteiger charge is -2.32. The molecule has 0 aromatic heterocycles. The zero-order valence-corrected chi connectivity index (χ0v) is 11.7. The third-order valence-electron chi connectivity index (χ3n) is 4.35. The first kappa shape index (κ1) is 12.9. The average molecular weight is 252 g/mol. The van der Waals surface area contributed by atoms with Crippen molar-refractivity contribution in [2.24, 2.45) is 17.1 Å². The molecule has 0 saturated heterocycles. The number of nitrogens with two attached hydrogens (primary N) is 1. The fraction of sp³-hybridized carbons (Fsp3) is 0.600. The van der Waals surface area contributed by atoms with Crippen LogP contribution < -0.4 is 5.73 Å². The summed E-state index contributed by atoms with van der Waals surface area (Å²) in [6.45, 7) is 6.69. The summed E-state index contributed by atoms with van der Waals surface area (Å²) >= 11 is 6.18. The van der Waals surface area contributed by atoms with Gasteiger partial charge in [-0.15, -0.1) is 0 Å². The highest BCUT2D eigenvalue weighted by atomic mass is 35.5. The Hall–Kier alpha value is -0.530. The van der Waals surface area contributed by atoms with Crippen LogP contribution in [0.4, 0.5) is 0 Å². The third-order valence-corrected chi connectivity index (χ3v) is 4.76. The molecule has 1 aromatic rings. The van der Waals surface area contributed by atoms with E-state index >= 15 is 0 Å². The second-order valence-corrected chi connectivity index (χ2v) is 6.43. The minimum absolute atomic E-state index is 0.116. The lowest BCUT2D eigenvalue weighted by molar-refractivity contribution is 0.222. The summed E-state index contributed by atoms with van der Waals surface area (Å²) in [4.78, 5) is 0. The SMILES string of the molecule is Cc1ccc(C(N)C2CCCC2(C)C)cc1Cl. The highest BCUT2D eigenvalue weighted by molar-refractivity contribution is 6.31. The molecular formula is C15H22ClN. The van der Waals surface area contributed by atoms with E-state index in [4.69, 9.17) is 17.3 Å². The molecule has 0 bridgehead atoms. The maximum atomic E-state index is 6.44. The van der Waals surface area contributed by atoms with Gasteiger partial charge in [0.25, 0.3) is 0 Å². The largest absolute Gasteiger partial charge is 0.324 e. The summed E-state index contributed by atoms with van der Waals surface area (Å²) in [5.74, 6) is 0.571. The second kappa shape index (κ2) is 4.62. The number of aryl methyl sites for hydroxylation is 1. The highest BCUT2D eigenvalue weighted by Gasteiger charge is 2.38. The van der Waals surface area contributed by atoms with Crippen molar-refractivity contribution in [3.8, 4) is 0 Å². The Morgan fingerprint density at radius 1 is 1.41 bits per heavy atom. The van der Waals surface area contributed by atoms with E-state index in [1.54, 1.807) is 0 Å². The lowest BCUT2D eigenvalue weighted by Crippen LogP contribution is -2.29. The molecule has 2 unspecified atom stereocenters. The molecule has 0 aliphatic heterocycles. The predicted octanol–water partition coefficient (Wildman–Crippen LogP) is 4.47. The molecule has 1 nitrogen and oxygen atoms in total. The average Bonchev–Trinajstić information content (AvgIpc) is 2.61. The van der Waals surface area contributed by atoms with E-state index in [-0.39, 0.29) is 6.04 Å². The van der Waals surface area contributed by atoms with Crippen molar-refractivity contribution in [2.45, 2.75) is 46.1 Å². The quantitative estimate of drug-likeness (QED) is 0.824. The predicted molar refractivity (Wildman–Crippen MR) is 74.2 cm³/mol. The van der Waals surface area contributed by atoms with Crippen LogP contribution in [0.15, 0.2) is 18.2 Å². The van der Waals surface area contributed by atoms with E-state index in [0.717, 1.165) is 10.6 Å². The van der Waals surface area contributed by atoms with E-state index < -0.39 is 0 Å². The molecule has 1 aromatic carbocycles. The van der Waals surface area contributed by atoms with Gasteiger partial charge in [-0.1, -0.05) is 44.0 Å². The summed E-state index contributed by atoms with van der Waals surface area (Å²) < 4.78 is 0. The van der Waals surface area contributed by atoms with E-state index in [1.807, 2.05) is 13.0 Å². The minimum Gasteiger partial charge on any atom is -0.324 e. The van der Waals surface area contributed by atoms with Gasteiger partial charge >= 0.3 is 0 Å². The second-order valence-electron chi connectivity index (χ2n) is 6.02. The Morgan fingerprint density at radius 2 is 2.12 bits per heavy atom. The van der Waals surface area contributed by atoms with Crippen LogP contribution in [0, 0.1) is 18.3 Å². The van der Waals surface area contributed by atoms with E-state index in [1.165, 1.54) is 24.8 Å². The van der Waals surface area contributed by atoms with Crippen LogP contribution >= 0.6 is 11.6 Å². The smallest absolute Gasteiger partial charge is 0.0438 e. The van der Waals surface area contributed by atoms with Crippen molar-refractivity contribution in [3.63, 3.8) is 0 Å². The fourth-order valence-electron chi connectivity index (χ4n) is 3.07.